The van der Waals surface area contributed by atoms with Crippen LogP contribution < -0.4 is 5.32 Å². The summed E-state index contributed by atoms with van der Waals surface area (Å²) in [6, 6.07) is 14.7. The Labute approximate surface area is 158 Å². The van der Waals surface area contributed by atoms with Crippen LogP contribution in [0.2, 0.25) is 5.02 Å². The molecule has 1 amide bonds. The molecule has 4 nitrogen and oxygen atoms in total. The van der Waals surface area contributed by atoms with Gasteiger partial charge < -0.3 is 10.1 Å². The molecule has 2 aromatic carbocycles. The van der Waals surface area contributed by atoms with Gasteiger partial charge in [0.25, 0.3) is 5.91 Å². The summed E-state index contributed by atoms with van der Waals surface area (Å²) in [5, 5.41) is 3.29. The van der Waals surface area contributed by atoms with Crippen molar-refractivity contribution in [3.63, 3.8) is 0 Å². The molecule has 0 aromatic heterocycles. The first-order valence-electron chi connectivity index (χ1n) is 8.48. The lowest BCUT2D eigenvalue weighted by Gasteiger charge is -2.10. The molecule has 2 rings (SSSR count). The van der Waals surface area contributed by atoms with E-state index in [1.807, 2.05) is 30.3 Å². The number of hydrogen-bond donors (Lipinski definition) is 1. The summed E-state index contributed by atoms with van der Waals surface area (Å²) >= 11 is 5.87. The maximum absolute atomic E-state index is 11.9. The van der Waals surface area contributed by atoms with Crippen molar-refractivity contribution in [2.75, 3.05) is 11.9 Å². The van der Waals surface area contributed by atoms with E-state index in [-0.39, 0.29) is 12.5 Å². The molecule has 136 valence electrons. The first kappa shape index (κ1) is 19.7. The Balaban J connectivity index is 1.80. The minimum atomic E-state index is -0.591. The number of benzene rings is 2. The van der Waals surface area contributed by atoms with Gasteiger partial charge in [0.05, 0.1) is 0 Å². The van der Waals surface area contributed by atoms with E-state index in [1.165, 1.54) is 11.6 Å². The zero-order valence-electron chi connectivity index (χ0n) is 14.9. The van der Waals surface area contributed by atoms with Crippen molar-refractivity contribution in [3.05, 3.63) is 70.8 Å². The van der Waals surface area contributed by atoms with Crippen LogP contribution >= 0.6 is 11.6 Å². The second kappa shape index (κ2) is 9.78. The van der Waals surface area contributed by atoms with Gasteiger partial charge >= 0.3 is 5.97 Å². The highest BCUT2D eigenvalue weighted by Gasteiger charge is 2.07. The van der Waals surface area contributed by atoms with Gasteiger partial charge in [0.2, 0.25) is 0 Å². The van der Waals surface area contributed by atoms with Crippen LogP contribution in [0, 0.1) is 0 Å². The second-order valence-corrected chi connectivity index (χ2v) is 6.41. The van der Waals surface area contributed by atoms with Crippen molar-refractivity contribution in [1.82, 2.24) is 0 Å². The molecule has 0 aliphatic carbocycles. The van der Waals surface area contributed by atoms with Gasteiger partial charge in [-0.3, -0.25) is 4.79 Å². The Morgan fingerprint density at radius 3 is 2.58 bits per heavy atom. The molecule has 1 atom stereocenters. The highest BCUT2D eigenvalue weighted by atomic mass is 35.5. The molecule has 2 aromatic rings. The van der Waals surface area contributed by atoms with E-state index in [1.54, 1.807) is 24.3 Å². The Morgan fingerprint density at radius 1 is 1.19 bits per heavy atom. The van der Waals surface area contributed by atoms with Crippen LogP contribution in [0.15, 0.2) is 54.6 Å². The van der Waals surface area contributed by atoms with E-state index < -0.39 is 5.97 Å². The molecule has 0 heterocycles. The molecule has 0 spiro atoms. The molecular formula is C21H22ClNO3. The SMILES string of the molecule is CC[C@@H](C)c1ccc(NC(=O)COC(=O)/C=C/c2cccc(Cl)c2)cc1. The fourth-order valence-corrected chi connectivity index (χ4v) is 2.49. The molecule has 26 heavy (non-hydrogen) atoms. The minimum absolute atomic E-state index is 0.341. The van der Waals surface area contributed by atoms with Gasteiger partial charge in [-0.2, -0.15) is 0 Å². The van der Waals surface area contributed by atoms with Crippen molar-refractivity contribution in [1.29, 1.82) is 0 Å². The van der Waals surface area contributed by atoms with Crippen LogP contribution in [0.3, 0.4) is 0 Å². The van der Waals surface area contributed by atoms with Gasteiger partial charge in [-0.15, -0.1) is 0 Å². The maximum atomic E-state index is 11.9. The van der Waals surface area contributed by atoms with E-state index >= 15 is 0 Å². The summed E-state index contributed by atoms with van der Waals surface area (Å²) in [7, 11) is 0. The highest BCUT2D eigenvalue weighted by Crippen LogP contribution is 2.20. The van der Waals surface area contributed by atoms with Crippen LogP contribution in [-0.2, 0) is 14.3 Å². The van der Waals surface area contributed by atoms with Gasteiger partial charge in [-0.05, 0) is 53.8 Å². The largest absolute Gasteiger partial charge is 0.452 e. The lowest BCUT2D eigenvalue weighted by Crippen LogP contribution is -2.20. The van der Waals surface area contributed by atoms with Crippen LogP contribution in [0.4, 0.5) is 5.69 Å². The fourth-order valence-electron chi connectivity index (χ4n) is 2.29. The zero-order chi connectivity index (χ0) is 18.9. The molecule has 5 heteroatoms. The Morgan fingerprint density at radius 2 is 1.92 bits per heavy atom. The second-order valence-electron chi connectivity index (χ2n) is 5.98. The molecule has 0 aliphatic heterocycles. The summed E-state index contributed by atoms with van der Waals surface area (Å²) in [6.45, 7) is 3.95. The van der Waals surface area contributed by atoms with E-state index in [4.69, 9.17) is 16.3 Å². The number of rotatable bonds is 7. The van der Waals surface area contributed by atoms with Crippen molar-refractivity contribution < 1.29 is 14.3 Å². The van der Waals surface area contributed by atoms with Crippen LogP contribution in [0.25, 0.3) is 6.08 Å². The first-order chi connectivity index (χ1) is 12.5. The molecule has 0 fully saturated rings. The molecule has 1 N–H and O–H groups in total. The van der Waals surface area contributed by atoms with Gasteiger partial charge in [0.15, 0.2) is 6.61 Å². The Kier molecular flexibility index (Phi) is 7.42. The number of carbonyl (C=O) groups is 2. The van der Waals surface area contributed by atoms with Crippen molar-refractivity contribution in [2.24, 2.45) is 0 Å². The van der Waals surface area contributed by atoms with E-state index in [0.29, 0.717) is 16.6 Å². The van der Waals surface area contributed by atoms with Crippen LogP contribution in [0.5, 0.6) is 0 Å². The number of esters is 1. The minimum Gasteiger partial charge on any atom is -0.452 e. The molecule has 0 radical (unpaired) electrons. The number of anilines is 1. The van der Waals surface area contributed by atoms with E-state index in [2.05, 4.69) is 19.2 Å². The van der Waals surface area contributed by atoms with Gasteiger partial charge in [-0.25, -0.2) is 4.79 Å². The monoisotopic (exact) mass is 371 g/mol. The lowest BCUT2D eigenvalue weighted by atomic mass is 9.99. The molecule has 0 aliphatic rings. The van der Waals surface area contributed by atoms with Crippen LogP contribution in [0.1, 0.15) is 37.3 Å². The Hall–Kier alpha value is -2.59. The smallest absolute Gasteiger partial charge is 0.331 e. The van der Waals surface area contributed by atoms with E-state index in [0.717, 1.165) is 12.0 Å². The highest BCUT2D eigenvalue weighted by molar-refractivity contribution is 6.30. The standard InChI is InChI=1S/C21H22ClNO3/c1-3-15(2)17-8-10-19(11-9-17)23-20(24)14-26-21(25)12-7-16-5-4-6-18(22)13-16/h4-13,15H,3,14H2,1-2H3,(H,23,24)/b12-7+/t15-/m1/s1. The quantitative estimate of drug-likeness (QED) is 0.547. The van der Waals surface area contributed by atoms with Crippen molar-refractivity contribution >= 4 is 35.2 Å². The summed E-state index contributed by atoms with van der Waals surface area (Å²) in [6.07, 6.45) is 3.91. The number of ether oxygens (including phenoxy) is 1. The third kappa shape index (κ3) is 6.37. The average molecular weight is 372 g/mol. The third-order valence-corrected chi connectivity index (χ3v) is 4.22. The molecule has 0 bridgehead atoms. The zero-order valence-corrected chi connectivity index (χ0v) is 15.6. The normalized spacial score (nSPS) is 12.0. The first-order valence-corrected chi connectivity index (χ1v) is 8.86. The topological polar surface area (TPSA) is 55.4 Å². The lowest BCUT2D eigenvalue weighted by molar-refractivity contribution is -0.142. The van der Waals surface area contributed by atoms with Gasteiger partial charge in [0, 0.05) is 16.8 Å². The van der Waals surface area contributed by atoms with Crippen LogP contribution in [-0.4, -0.2) is 18.5 Å². The average Bonchev–Trinajstić information content (AvgIpc) is 2.64. The summed E-state index contributed by atoms with van der Waals surface area (Å²) in [4.78, 5) is 23.6. The third-order valence-electron chi connectivity index (χ3n) is 3.98. The van der Waals surface area contributed by atoms with Crippen molar-refractivity contribution in [3.8, 4) is 0 Å². The van der Waals surface area contributed by atoms with Gasteiger partial charge in [0.1, 0.15) is 0 Å². The Bertz CT molecular complexity index is 784. The fraction of sp³-hybridized carbons (Fsp3) is 0.238. The predicted molar refractivity (Wildman–Crippen MR) is 105 cm³/mol. The number of nitrogens with one attached hydrogen (secondary N) is 1. The molecule has 0 saturated heterocycles. The molecule has 0 unspecified atom stereocenters. The van der Waals surface area contributed by atoms with Crippen molar-refractivity contribution in [2.45, 2.75) is 26.2 Å². The summed E-state index contributed by atoms with van der Waals surface area (Å²) < 4.78 is 4.94. The maximum Gasteiger partial charge on any atom is 0.331 e. The summed E-state index contributed by atoms with van der Waals surface area (Å²) in [5.41, 5.74) is 2.68. The number of amides is 1. The summed E-state index contributed by atoms with van der Waals surface area (Å²) in [5.74, 6) is -0.495. The number of carbonyl (C=O) groups excluding carboxylic acids is 2. The number of halogens is 1. The van der Waals surface area contributed by atoms with E-state index in [9.17, 15) is 9.59 Å². The predicted octanol–water partition coefficient (Wildman–Crippen LogP) is 5.05. The molecule has 0 saturated carbocycles. The molecular weight excluding hydrogens is 350 g/mol. The number of hydrogen-bond acceptors (Lipinski definition) is 3. The van der Waals surface area contributed by atoms with Gasteiger partial charge in [-0.1, -0.05) is 49.7 Å².